The maximum absolute atomic E-state index is 13.5. The van der Waals surface area contributed by atoms with Crippen LogP contribution in [0.15, 0.2) is 54.6 Å². The number of nitrogens with zero attached hydrogens (tertiary/aromatic N) is 4. The van der Waals surface area contributed by atoms with Gasteiger partial charge in [-0.05, 0) is 68.1 Å². The van der Waals surface area contributed by atoms with Crippen molar-refractivity contribution in [2.24, 2.45) is 5.92 Å². The zero-order valence-electron chi connectivity index (χ0n) is 21.2. The van der Waals surface area contributed by atoms with Crippen molar-refractivity contribution < 1.29 is 18.7 Å². The van der Waals surface area contributed by atoms with Gasteiger partial charge < -0.3 is 14.5 Å². The summed E-state index contributed by atoms with van der Waals surface area (Å²) >= 11 is 0. The molecule has 3 aromatic rings. The quantitative estimate of drug-likeness (QED) is 0.420. The SMILES string of the molecule is CCOC(=O)c1cc(-c2ccc(N3CCN(C(=O)CC4CCCC4)CC3)cc2)n(-c2ccc(F)cc2)n1. The Bertz CT molecular complexity index is 1230. The van der Waals surface area contributed by atoms with E-state index in [-0.39, 0.29) is 18.1 Å². The highest BCUT2D eigenvalue weighted by Crippen LogP contribution is 2.29. The molecule has 2 aromatic carbocycles. The summed E-state index contributed by atoms with van der Waals surface area (Å²) in [7, 11) is 0. The van der Waals surface area contributed by atoms with Crippen LogP contribution in [0.4, 0.5) is 10.1 Å². The van der Waals surface area contributed by atoms with Crippen LogP contribution in [0, 0.1) is 11.7 Å². The summed E-state index contributed by atoms with van der Waals surface area (Å²) in [5.41, 5.74) is 3.52. The topological polar surface area (TPSA) is 67.7 Å². The van der Waals surface area contributed by atoms with E-state index < -0.39 is 5.97 Å². The molecule has 0 spiro atoms. The molecule has 5 rings (SSSR count). The molecule has 8 heteroatoms. The Balaban J connectivity index is 1.30. The monoisotopic (exact) mass is 504 g/mol. The molecule has 0 atom stereocenters. The van der Waals surface area contributed by atoms with Gasteiger partial charge in [0.1, 0.15) is 5.82 Å². The van der Waals surface area contributed by atoms with Crippen molar-refractivity contribution in [2.45, 2.75) is 39.0 Å². The first-order valence-corrected chi connectivity index (χ1v) is 13.2. The van der Waals surface area contributed by atoms with Gasteiger partial charge in [-0.1, -0.05) is 25.0 Å². The van der Waals surface area contributed by atoms with E-state index in [9.17, 15) is 14.0 Å². The Labute approximate surface area is 216 Å². The van der Waals surface area contributed by atoms with Crippen molar-refractivity contribution in [1.82, 2.24) is 14.7 Å². The van der Waals surface area contributed by atoms with Crippen LogP contribution >= 0.6 is 0 Å². The van der Waals surface area contributed by atoms with Crippen LogP contribution in [0.5, 0.6) is 0 Å². The molecule has 1 saturated carbocycles. The maximum atomic E-state index is 13.5. The number of carbonyl (C=O) groups excluding carboxylic acids is 2. The number of amides is 1. The largest absolute Gasteiger partial charge is 0.461 e. The fourth-order valence-corrected chi connectivity index (χ4v) is 5.32. The number of aromatic nitrogens is 2. The number of halogens is 1. The maximum Gasteiger partial charge on any atom is 0.358 e. The van der Waals surface area contributed by atoms with Gasteiger partial charge in [0.25, 0.3) is 0 Å². The fraction of sp³-hybridized carbons (Fsp3) is 0.414. The van der Waals surface area contributed by atoms with Gasteiger partial charge in [-0.2, -0.15) is 5.10 Å². The number of piperazine rings is 1. The van der Waals surface area contributed by atoms with Gasteiger partial charge in [-0.15, -0.1) is 0 Å². The number of ether oxygens (including phenoxy) is 1. The van der Waals surface area contributed by atoms with Crippen molar-refractivity contribution >= 4 is 17.6 Å². The Morgan fingerprint density at radius 2 is 1.59 bits per heavy atom. The van der Waals surface area contributed by atoms with E-state index in [4.69, 9.17) is 4.74 Å². The Morgan fingerprint density at radius 1 is 0.946 bits per heavy atom. The zero-order chi connectivity index (χ0) is 25.8. The number of esters is 1. The average Bonchev–Trinajstić information content (AvgIpc) is 3.60. The molecule has 0 radical (unpaired) electrons. The Morgan fingerprint density at radius 3 is 2.24 bits per heavy atom. The Hall–Kier alpha value is -3.68. The lowest BCUT2D eigenvalue weighted by Gasteiger charge is -2.36. The number of hydrogen-bond donors (Lipinski definition) is 0. The van der Waals surface area contributed by atoms with E-state index in [1.165, 1.54) is 37.8 Å². The van der Waals surface area contributed by atoms with Crippen LogP contribution in [0.2, 0.25) is 0 Å². The van der Waals surface area contributed by atoms with Crippen molar-refractivity contribution in [2.75, 3.05) is 37.7 Å². The summed E-state index contributed by atoms with van der Waals surface area (Å²) in [4.78, 5) is 29.4. The summed E-state index contributed by atoms with van der Waals surface area (Å²) in [5.74, 6) is 0.0356. The third-order valence-electron chi connectivity index (χ3n) is 7.36. The zero-order valence-corrected chi connectivity index (χ0v) is 21.2. The molecule has 2 fully saturated rings. The fourth-order valence-electron chi connectivity index (χ4n) is 5.32. The van der Waals surface area contributed by atoms with Crippen LogP contribution in [0.3, 0.4) is 0 Å². The molecule has 7 nitrogen and oxygen atoms in total. The summed E-state index contributed by atoms with van der Waals surface area (Å²) in [6, 6.07) is 15.8. The second-order valence-corrected chi connectivity index (χ2v) is 9.79. The van der Waals surface area contributed by atoms with Crippen molar-refractivity contribution in [3.05, 3.63) is 66.1 Å². The standard InChI is InChI=1S/C29H33FN4O3/c1-2-37-29(36)26-20-27(34(31-26)25-13-9-23(30)10-14-25)22-7-11-24(12-8-22)32-15-17-33(18-16-32)28(35)19-21-5-3-4-6-21/h7-14,20-21H,2-6,15-19H2,1H3. The number of hydrogen-bond acceptors (Lipinski definition) is 5. The molecular formula is C29H33FN4O3. The molecule has 2 heterocycles. The van der Waals surface area contributed by atoms with E-state index >= 15 is 0 Å². The van der Waals surface area contributed by atoms with Crippen LogP contribution in [-0.2, 0) is 9.53 Å². The lowest BCUT2D eigenvalue weighted by molar-refractivity contribution is -0.132. The van der Waals surface area contributed by atoms with Crippen LogP contribution in [-0.4, -0.2) is 59.3 Å². The van der Waals surface area contributed by atoms with Crippen molar-refractivity contribution in [3.63, 3.8) is 0 Å². The first-order valence-electron chi connectivity index (χ1n) is 13.2. The van der Waals surface area contributed by atoms with Gasteiger partial charge in [-0.3, -0.25) is 4.79 Å². The Kier molecular flexibility index (Phi) is 7.53. The van der Waals surface area contributed by atoms with Crippen molar-refractivity contribution in [3.8, 4) is 16.9 Å². The molecule has 1 aliphatic carbocycles. The summed E-state index contributed by atoms with van der Waals surface area (Å²) < 4.78 is 20.3. The lowest BCUT2D eigenvalue weighted by Crippen LogP contribution is -2.49. The highest BCUT2D eigenvalue weighted by Gasteiger charge is 2.25. The first-order chi connectivity index (χ1) is 18.0. The second kappa shape index (κ2) is 11.2. The molecule has 0 bridgehead atoms. The molecule has 1 amide bonds. The third kappa shape index (κ3) is 5.68. The molecule has 37 heavy (non-hydrogen) atoms. The third-order valence-corrected chi connectivity index (χ3v) is 7.36. The highest BCUT2D eigenvalue weighted by atomic mass is 19.1. The predicted octanol–water partition coefficient (Wildman–Crippen LogP) is 5.08. The van der Waals surface area contributed by atoms with Gasteiger partial charge in [-0.25, -0.2) is 13.9 Å². The van der Waals surface area contributed by atoms with Gasteiger partial charge >= 0.3 is 5.97 Å². The van der Waals surface area contributed by atoms with Gasteiger partial charge in [0, 0.05) is 43.9 Å². The molecule has 0 unspecified atom stereocenters. The van der Waals surface area contributed by atoms with E-state index in [0.717, 1.165) is 37.4 Å². The molecule has 1 aromatic heterocycles. The minimum absolute atomic E-state index is 0.198. The van der Waals surface area contributed by atoms with Gasteiger partial charge in [0.2, 0.25) is 5.91 Å². The van der Waals surface area contributed by atoms with Crippen LogP contribution in [0.1, 0.15) is 49.5 Å². The molecule has 2 aliphatic rings. The normalized spacial score (nSPS) is 16.3. The average molecular weight is 505 g/mol. The summed E-state index contributed by atoms with van der Waals surface area (Å²) in [6.07, 6.45) is 5.61. The second-order valence-electron chi connectivity index (χ2n) is 9.79. The summed E-state index contributed by atoms with van der Waals surface area (Å²) in [6.45, 7) is 5.10. The number of benzene rings is 2. The number of carbonyl (C=O) groups is 2. The molecular weight excluding hydrogens is 471 g/mol. The van der Waals surface area contributed by atoms with E-state index in [1.54, 1.807) is 29.8 Å². The van der Waals surface area contributed by atoms with Gasteiger partial charge in [0.15, 0.2) is 5.69 Å². The molecule has 1 aliphatic heterocycles. The minimum atomic E-state index is -0.499. The molecule has 0 N–H and O–H groups in total. The number of anilines is 1. The van der Waals surface area contributed by atoms with Crippen LogP contribution < -0.4 is 4.90 Å². The first kappa shape index (κ1) is 25.0. The van der Waals surface area contributed by atoms with E-state index in [0.29, 0.717) is 29.6 Å². The molecule has 1 saturated heterocycles. The smallest absolute Gasteiger partial charge is 0.358 e. The van der Waals surface area contributed by atoms with E-state index in [2.05, 4.69) is 22.1 Å². The lowest BCUT2D eigenvalue weighted by atomic mass is 10.0. The van der Waals surface area contributed by atoms with Crippen LogP contribution in [0.25, 0.3) is 16.9 Å². The summed E-state index contributed by atoms with van der Waals surface area (Å²) in [5, 5.41) is 4.45. The minimum Gasteiger partial charge on any atom is -0.461 e. The number of rotatable bonds is 7. The van der Waals surface area contributed by atoms with E-state index in [1.807, 2.05) is 17.0 Å². The molecule has 194 valence electrons. The van der Waals surface area contributed by atoms with Crippen molar-refractivity contribution in [1.29, 1.82) is 0 Å². The highest BCUT2D eigenvalue weighted by molar-refractivity contribution is 5.89. The predicted molar refractivity (Wildman–Crippen MR) is 140 cm³/mol. The van der Waals surface area contributed by atoms with Gasteiger partial charge in [0.05, 0.1) is 18.0 Å².